The molecule has 0 unspecified atom stereocenters. The van der Waals surface area contributed by atoms with E-state index in [9.17, 15) is 4.79 Å². The van der Waals surface area contributed by atoms with E-state index in [4.69, 9.17) is 23.2 Å². The summed E-state index contributed by atoms with van der Waals surface area (Å²) in [4.78, 5) is 20.6. The van der Waals surface area contributed by atoms with Crippen LogP contribution < -0.4 is 10.2 Å². The molecule has 0 saturated carbocycles. The largest absolute Gasteiger partial charge is 0.353 e. The van der Waals surface area contributed by atoms with Crippen LogP contribution in [-0.4, -0.2) is 42.1 Å². The van der Waals surface area contributed by atoms with Crippen LogP contribution in [0.15, 0.2) is 42.6 Å². The van der Waals surface area contributed by atoms with Crippen molar-refractivity contribution in [3.8, 4) is 0 Å². The minimum atomic E-state index is -0.171. The Labute approximate surface area is 144 Å². The Bertz CT molecular complexity index is 688. The summed E-state index contributed by atoms with van der Waals surface area (Å²) in [6, 6.07) is 10.8. The van der Waals surface area contributed by atoms with Crippen LogP contribution in [0.2, 0.25) is 10.0 Å². The summed E-state index contributed by atoms with van der Waals surface area (Å²) in [6.45, 7) is 2.74. The summed E-state index contributed by atoms with van der Waals surface area (Å²) in [5.41, 5.74) is 0.524. The van der Waals surface area contributed by atoms with Crippen LogP contribution in [0.4, 0.5) is 16.3 Å². The van der Waals surface area contributed by atoms with Gasteiger partial charge in [0.15, 0.2) is 0 Å². The molecular formula is C16H16Cl2N4O. The molecule has 5 nitrogen and oxygen atoms in total. The molecule has 1 aliphatic rings. The second-order valence-electron chi connectivity index (χ2n) is 5.19. The van der Waals surface area contributed by atoms with E-state index in [0.29, 0.717) is 28.8 Å². The second kappa shape index (κ2) is 7.06. The van der Waals surface area contributed by atoms with Gasteiger partial charge in [0.25, 0.3) is 0 Å². The topological polar surface area (TPSA) is 48.5 Å². The predicted octanol–water partition coefficient (Wildman–Crippen LogP) is 3.74. The van der Waals surface area contributed by atoms with Gasteiger partial charge in [0, 0.05) is 32.4 Å². The lowest BCUT2D eigenvalue weighted by atomic mass is 10.3. The molecule has 1 fully saturated rings. The van der Waals surface area contributed by atoms with Gasteiger partial charge in [-0.3, -0.25) is 0 Å². The third-order valence-electron chi connectivity index (χ3n) is 3.73. The van der Waals surface area contributed by atoms with Gasteiger partial charge in [-0.15, -0.1) is 0 Å². The third kappa shape index (κ3) is 3.68. The lowest BCUT2D eigenvalue weighted by molar-refractivity contribution is 0.208. The summed E-state index contributed by atoms with van der Waals surface area (Å²) in [6.07, 6.45) is 1.77. The molecule has 1 saturated heterocycles. The highest BCUT2D eigenvalue weighted by Crippen LogP contribution is 2.29. The van der Waals surface area contributed by atoms with Crippen molar-refractivity contribution in [2.75, 3.05) is 36.4 Å². The van der Waals surface area contributed by atoms with Crippen molar-refractivity contribution < 1.29 is 4.79 Å². The van der Waals surface area contributed by atoms with Gasteiger partial charge in [0.05, 0.1) is 15.7 Å². The number of amides is 2. The van der Waals surface area contributed by atoms with Crippen LogP contribution in [-0.2, 0) is 0 Å². The van der Waals surface area contributed by atoms with E-state index in [1.54, 1.807) is 29.3 Å². The lowest BCUT2D eigenvalue weighted by Crippen LogP contribution is -2.50. The maximum Gasteiger partial charge on any atom is 0.322 e. The monoisotopic (exact) mass is 350 g/mol. The highest BCUT2D eigenvalue weighted by atomic mass is 35.5. The standard InChI is InChI=1S/C16H16Cl2N4O/c17-12-4-3-5-13(15(12)18)20-16(23)22-10-8-21(9-11-22)14-6-1-2-7-19-14/h1-7H,8-11H2,(H,20,23). The fraction of sp³-hybridized carbons (Fsp3) is 0.250. The van der Waals surface area contributed by atoms with E-state index in [1.165, 1.54) is 0 Å². The normalized spacial score (nSPS) is 14.7. The van der Waals surface area contributed by atoms with Crippen molar-refractivity contribution in [3.05, 3.63) is 52.6 Å². The Kier molecular flexibility index (Phi) is 4.88. The molecule has 1 N–H and O–H groups in total. The highest BCUT2D eigenvalue weighted by molar-refractivity contribution is 6.43. The Hall–Kier alpha value is -1.98. The smallest absolute Gasteiger partial charge is 0.322 e. The van der Waals surface area contributed by atoms with E-state index in [0.717, 1.165) is 18.9 Å². The molecule has 23 heavy (non-hydrogen) atoms. The number of carbonyl (C=O) groups excluding carboxylic acids is 1. The maximum absolute atomic E-state index is 12.4. The molecule has 0 atom stereocenters. The Morgan fingerprint density at radius 3 is 2.52 bits per heavy atom. The summed E-state index contributed by atoms with van der Waals surface area (Å²) in [7, 11) is 0. The van der Waals surface area contributed by atoms with Crippen molar-refractivity contribution in [2.45, 2.75) is 0 Å². The van der Waals surface area contributed by atoms with Crippen molar-refractivity contribution in [1.82, 2.24) is 9.88 Å². The molecule has 1 aromatic carbocycles. The number of nitrogens with zero attached hydrogens (tertiary/aromatic N) is 3. The Morgan fingerprint density at radius 2 is 1.83 bits per heavy atom. The molecule has 2 amide bonds. The van der Waals surface area contributed by atoms with Crippen LogP contribution >= 0.6 is 23.2 Å². The van der Waals surface area contributed by atoms with E-state index in [2.05, 4.69) is 15.2 Å². The van der Waals surface area contributed by atoms with Gasteiger partial charge in [-0.05, 0) is 24.3 Å². The van der Waals surface area contributed by atoms with Gasteiger partial charge in [-0.2, -0.15) is 0 Å². The van der Waals surface area contributed by atoms with Gasteiger partial charge in [-0.1, -0.05) is 35.3 Å². The molecule has 2 heterocycles. The molecule has 3 rings (SSSR count). The number of urea groups is 1. The van der Waals surface area contributed by atoms with Gasteiger partial charge in [0.2, 0.25) is 0 Å². The zero-order valence-corrected chi connectivity index (χ0v) is 13.9. The summed E-state index contributed by atoms with van der Waals surface area (Å²) >= 11 is 12.1. The first-order chi connectivity index (χ1) is 11.1. The molecule has 7 heteroatoms. The molecule has 1 aromatic heterocycles. The zero-order valence-electron chi connectivity index (χ0n) is 12.4. The van der Waals surface area contributed by atoms with Crippen LogP contribution in [0.3, 0.4) is 0 Å². The number of aromatic nitrogens is 1. The quantitative estimate of drug-likeness (QED) is 0.897. The van der Waals surface area contributed by atoms with Gasteiger partial charge >= 0.3 is 6.03 Å². The van der Waals surface area contributed by atoms with Gasteiger partial charge in [0.1, 0.15) is 5.82 Å². The molecule has 120 valence electrons. The predicted molar refractivity (Wildman–Crippen MR) is 93.5 cm³/mol. The first kappa shape index (κ1) is 15.9. The number of nitrogens with one attached hydrogen (secondary N) is 1. The number of piperazine rings is 1. The van der Waals surface area contributed by atoms with Crippen LogP contribution in [0.25, 0.3) is 0 Å². The van der Waals surface area contributed by atoms with Crippen molar-refractivity contribution in [3.63, 3.8) is 0 Å². The van der Waals surface area contributed by atoms with E-state index < -0.39 is 0 Å². The number of anilines is 2. The average molecular weight is 351 g/mol. The first-order valence-corrected chi connectivity index (χ1v) is 8.06. The SMILES string of the molecule is O=C(Nc1cccc(Cl)c1Cl)N1CCN(c2ccccn2)CC1. The van der Waals surface area contributed by atoms with Crippen LogP contribution in [0, 0.1) is 0 Å². The zero-order chi connectivity index (χ0) is 16.2. The van der Waals surface area contributed by atoms with Crippen molar-refractivity contribution >= 4 is 40.7 Å². The summed E-state index contributed by atoms with van der Waals surface area (Å²) < 4.78 is 0. The molecule has 0 spiro atoms. The number of hydrogen-bond acceptors (Lipinski definition) is 3. The van der Waals surface area contributed by atoms with Gasteiger partial charge < -0.3 is 15.1 Å². The maximum atomic E-state index is 12.4. The van der Waals surface area contributed by atoms with E-state index in [-0.39, 0.29) is 6.03 Å². The van der Waals surface area contributed by atoms with Crippen LogP contribution in [0.5, 0.6) is 0 Å². The number of carbonyl (C=O) groups is 1. The fourth-order valence-corrected chi connectivity index (χ4v) is 2.82. The Morgan fingerprint density at radius 1 is 1.04 bits per heavy atom. The molecule has 1 aliphatic heterocycles. The van der Waals surface area contributed by atoms with Crippen molar-refractivity contribution in [2.24, 2.45) is 0 Å². The van der Waals surface area contributed by atoms with Crippen LogP contribution in [0.1, 0.15) is 0 Å². The summed E-state index contributed by atoms with van der Waals surface area (Å²) in [5.74, 6) is 0.936. The third-order valence-corrected chi connectivity index (χ3v) is 4.55. The average Bonchev–Trinajstić information content (AvgIpc) is 2.60. The lowest BCUT2D eigenvalue weighted by Gasteiger charge is -2.35. The van der Waals surface area contributed by atoms with Gasteiger partial charge in [-0.25, -0.2) is 9.78 Å². The molecular weight excluding hydrogens is 335 g/mol. The highest BCUT2D eigenvalue weighted by Gasteiger charge is 2.22. The summed E-state index contributed by atoms with van der Waals surface area (Å²) in [5, 5.41) is 3.59. The number of hydrogen-bond donors (Lipinski definition) is 1. The minimum Gasteiger partial charge on any atom is -0.353 e. The van der Waals surface area contributed by atoms with E-state index in [1.807, 2.05) is 18.2 Å². The Balaban J connectivity index is 1.59. The second-order valence-corrected chi connectivity index (χ2v) is 5.98. The first-order valence-electron chi connectivity index (χ1n) is 7.31. The molecule has 0 aliphatic carbocycles. The molecule has 0 radical (unpaired) electrons. The number of rotatable bonds is 2. The van der Waals surface area contributed by atoms with Crippen molar-refractivity contribution in [1.29, 1.82) is 0 Å². The molecule has 0 bridgehead atoms. The minimum absolute atomic E-state index is 0.171. The van der Waals surface area contributed by atoms with E-state index >= 15 is 0 Å². The number of benzene rings is 1. The molecule has 2 aromatic rings. The number of halogens is 2. The number of pyridine rings is 1. The fourth-order valence-electron chi connectivity index (χ4n) is 2.47.